The van der Waals surface area contributed by atoms with E-state index in [0.717, 1.165) is 61.8 Å². The van der Waals surface area contributed by atoms with Crippen LogP contribution in [0.25, 0.3) is 22.0 Å². The van der Waals surface area contributed by atoms with Gasteiger partial charge in [-0.2, -0.15) is 4.37 Å². The van der Waals surface area contributed by atoms with Gasteiger partial charge < -0.3 is 14.5 Å². The van der Waals surface area contributed by atoms with Crippen molar-refractivity contribution >= 4 is 45.7 Å². The molecule has 5 nitrogen and oxygen atoms in total. The van der Waals surface area contributed by atoms with Crippen LogP contribution in [0.2, 0.25) is 0 Å². The highest BCUT2D eigenvalue weighted by Crippen LogP contribution is 2.58. The van der Waals surface area contributed by atoms with E-state index < -0.39 is 5.41 Å². The fourth-order valence-electron chi connectivity index (χ4n) is 8.69. The highest BCUT2D eigenvalue weighted by molar-refractivity contribution is 7.09. The quantitative estimate of drug-likeness (QED) is 0.169. The minimum Gasteiger partial charge on any atom is -0.453 e. The Morgan fingerprint density at radius 2 is 0.877 bits per heavy atom. The summed E-state index contributed by atoms with van der Waals surface area (Å²) in [5.41, 5.74) is 12.7. The lowest BCUT2D eigenvalue weighted by molar-refractivity contribution is 0.477. The van der Waals surface area contributed by atoms with E-state index in [2.05, 4.69) is 180 Å². The first-order valence-electron chi connectivity index (χ1n) is 19.1. The van der Waals surface area contributed by atoms with Crippen LogP contribution in [0.1, 0.15) is 22.3 Å². The second-order valence-electron chi connectivity index (χ2n) is 14.2. The molecule has 0 amide bonds. The van der Waals surface area contributed by atoms with Gasteiger partial charge in [0.05, 0.1) is 28.2 Å². The molecule has 0 atom stereocenters. The summed E-state index contributed by atoms with van der Waals surface area (Å²) in [6.45, 7) is 0. The zero-order chi connectivity index (χ0) is 37.8. The molecule has 2 aliphatic heterocycles. The standard InChI is InChI=1S/C51H34N4OS/c1-3-19-37(20-4-1)51(38-21-5-2-6-22-38)41-25-7-9-27-43(41)54(44-28-10-8-26-42(44)51)39-23-15-17-35(33-39)49-52-50(57-53-49)36-18-16-24-40(34-36)55-45-29-11-13-31-47(45)56-48-32-14-12-30-46(48)55/h1-34H. The Balaban J connectivity index is 0.996. The Morgan fingerprint density at radius 1 is 0.421 bits per heavy atom. The summed E-state index contributed by atoms with van der Waals surface area (Å²) in [6, 6.07) is 72.9. The number of para-hydroxylation sites is 6. The third-order valence-electron chi connectivity index (χ3n) is 11.1. The molecule has 3 heterocycles. The number of nitrogens with zero attached hydrogens (tertiary/aromatic N) is 4. The van der Waals surface area contributed by atoms with Crippen LogP contribution < -0.4 is 14.5 Å². The van der Waals surface area contributed by atoms with Crippen molar-refractivity contribution in [2.75, 3.05) is 9.80 Å². The fourth-order valence-corrected chi connectivity index (χ4v) is 9.37. The molecule has 0 aliphatic carbocycles. The molecule has 6 heteroatoms. The monoisotopic (exact) mass is 750 g/mol. The van der Waals surface area contributed by atoms with Crippen LogP contribution in [0.3, 0.4) is 0 Å². The summed E-state index contributed by atoms with van der Waals surface area (Å²) in [5, 5.41) is 0.858. The normalized spacial score (nSPS) is 13.5. The van der Waals surface area contributed by atoms with Gasteiger partial charge in [-0.15, -0.1) is 0 Å². The molecular weight excluding hydrogens is 717 g/mol. The Morgan fingerprint density at radius 3 is 1.46 bits per heavy atom. The van der Waals surface area contributed by atoms with Gasteiger partial charge in [0.2, 0.25) is 0 Å². The van der Waals surface area contributed by atoms with Crippen LogP contribution in [-0.4, -0.2) is 9.36 Å². The van der Waals surface area contributed by atoms with Gasteiger partial charge in [-0.05, 0) is 94.4 Å². The Hall–Kier alpha value is -7.28. The average molecular weight is 751 g/mol. The molecule has 9 aromatic rings. The average Bonchev–Trinajstić information content (AvgIpc) is 3.79. The number of hydrogen-bond acceptors (Lipinski definition) is 6. The van der Waals surface area contributed by atoms with Crippen LogP contribution in [0.15, 0.2) is 206 Å². The van der Waals surface area contributed by atoms with Gasteiger partial charge >= 0.3 is 0 Å². The molecule has 0 fully saturated rings. The molecule has 0 spiro atoms. The van der Waals surface area contributed by atoms with Crippen molar-refractivity contribution in [3.8, 4) is 33.5 Å². The zero-order valence-corrected chi connectivity index (χ0v) is 31.6. The molecule has 57 heavy (non-hydrogen) atoms. The highest BCUT2D eigenvalue weighted by Gasteiger charge is 2.46. The van der Waals surface area contributed by atoms with Gasteiger partial charge in [0.15, 0.2) is 17.3 Å². The first-order chi connectivity index (χ1) is 28.3. The molecule has 0 saturated heterocycles. The van der Waals surface area contributed by atoms with Gasteiger partial charge in [-0.3, -0.25) is 0 Å². The smallest absolute Gasteiger partial charge is 0.173 e. The molecule has 11 rings (SSSR count). The van der Waals surface area contributed by atoms with E-state index in [1.165, 1.54) is 33.8 Å². The lowest BCUT2D eigenvalue weighted by atomic mass is 9.62. The van der Waals surface area contributed by atoms with Crippen molar-refractivity contribution in [2.45, 2.75) is 5.41 Å². The summed E-state index contributed by atoms with van der Waals surface area (Å²) >= 11 is 1.42. The third-order valence-corrected chi connectivity index (χ3v) is 11.8. The van der Waals surface area contributed by atoms with E-state index in [1.807, 2.05) is 36.4 Å². The summed E-state index contributed by atoms with van der Waals surface area (Å²) in [5.74, 6) is 2.35. The summed E-state index contributed by atoms with van der Waals surface area (Å²) in [4.78, 5) is 9.80. The molecule has 0 N–H and O–H groups in total. The molecular formula is C51H34N4OS. The lowest BCUT2D eigenvalue weighted by Crippen LogP contribution is -2.37. The zero-order valence-electron chi connectivity index (χ0n) is 30.7. The van der Waals surface area contributed by atoms with Crippen LogP contribution in [0, 0.1) is 0 Å². The van der Waals surface area contributed by atoms with E-state index in [9.17, 15) is 0 Å². The van der Waals surface area contributed by atoms with Crippen molar-refractivity contribution in [3.63, 3.8) is 0 Å². The van der Waals surface area contributed by atoms with Crippen LogP contribution in [-0.2, 0) is 5.41 Å². The second-order valence-corrected chi connectivity index (χ2v) is 15.0. The molecule has 8 aromatic carbocycles. The van der Waals surface area contributed by atoms with E-state index in [0.29, 0.717) is 5.82 Å². The minimum atomic E-state index is -0.519. The van der Waals surface area contributed by atoms with E-state index in [4.69, 9.17) is 14.1 Å². The van der Waals surface area contributed by atoms with Crippen LogP contribution in [0.4, 0.5) is 34.1 Å². The second kappa shape index (κ2) is 13.5. The predicted octanol–water partition coefficient (Wildman–Crippen LogP) is 13.6. The molecule has 0 unspecified atom stereocenters. The maximum atomic E-state index is 6.27. The predicted molar refractivity (Wildman–Crippen MR) is 232 cm³/mol. The van der Waals surface area contributed by atoms with Crippen molar-refractivity contribution in [1.82, 2.24) is 9.36 Å². The van der Waals surface area contributed by atoms with E-state index in [1.54, 1.807) is 0 Å². The Kier molecular flexibility index (Phi) is 7.83. The Bertz CT molecular complexity index is 2790. The number of hydrogen-bond donors (Lipinski definition) is 0. The number of anilines is 6. The van der Waals surface area contributed by atoms with E-state index in [-0.39, 0.29) is 0 Å². The van der Waals surface area contributed by atoms with E-state index >= 15 is 0 Å². The number of ether oxygens (including phenoxy) is 1. The summed E-state index contributed by atoms with van der Waals surface area (Å²) < 4.78 is 11.2. The topological polar surface area (TPSA) is 41.5 Å². The first-order valence-corrected chi connectivity index (χ1v) is 19.9. The molecule has 2 aliphatic rings. The molecule has 270 valence electrons. The maximum Gasteiger partial charge on any atom is 0.173 e. The van der Waals surface area contributed by atoms with Crippen molar-refractivity contribution in [2.24, 2.45) is 0 Å². The maximum absolute atomic E-state index is 6.27. The number of fused-ring (bicyclic) bond motifs is 4. The number of aromatic nitrogens is 2. The first kappa shape index (κ1) is 33.1. The van der Waals surface area contributed by atoms with Crippen molar-refractivity contribution in [1.29, 1.82) is 0 Å². The number of benzene rings is 8. The molecule has 0 saturated carbocycles. The van der Waals surface area contributed by atoms with Crippen LogP contribution >= 0.6 is 11.5 Å². The largest absolute Gasteiger partial charge is 0.453 e. The summed E-state index contributed by atoms with van der Waals surface area (Å²) in [7, 11) is 0. The Labute approximate surface area is 335 Å². The third kappa shape index (κ3) is 5.29. The van der Waals surface area contributed by atoms with Gasteiger partial charge in [-0.1, -0.05) is 146 Å². The summed E-state index contributed by atoms with van der Waals surface area (Å²) in [6.07, 6.45) is 0. The lowest BCUT2D eigenvalue weighted by Gasteiger charge is -2.46. The molecule has 0 bridgehead atoms. The highest BCUT2D eigenvalue weighted by atomic mass is 32.1. The minimum absolute atomic E-state index is 0.519. The van der Waals surface area contributed by atoms with Gasteiger partial charge in [0.25, 0.3) is 0 Å². The van der Waals surface area contributed by atoms with Crippen LogP contribution in [0.5, 0.6) is 11.5 Å². The fraction of sp³-hybridized carbons (Fsp3) is 0.0196. The van der Waals surface area contributed by atoms with Gasteiger partial charge in [0, 0.05) is 22.5 Å². The molecule has 1 aromatic heterocycles. The van der Waals surface area contributed by atoms with Gasteiger partial charge in [0.1, 0.15) is 5.01 Å². The van der Waals surface area contributed by atoms with Crippen molar-refractivity contribution in [3.05, 3.63) is 229 Å². The SMILES string of the molecule is c1ccc(C2(c3ccccc3)c3ccccc3N(c3cccc(-c4nsc(-c5cccc(N6c7ccccc7Oc7ccccc76)c5)n4)c3)c3ccccc32)cc1. The number of rotatable bonds is 6. The van der Waals surface area contributed by atoms with Crippen molar-refractivity contribution < 1.29 is 4.74 Å². The van der Waals surface area contributed by atoms with Gasteiger partial charge in [-0.25, -0.2) is 4.98 Å². The molecule has 0 radical (unpaired) electrons.